The summed E-state index contributed by atoms with van der Waals surface area (Å²) in [7, 11) is 0. The molecular formula is C8H11BrS. The van der Waals surface area contributed by atoms with E-state index in [1.807, 2.05) is 11.3 Å². The van der Waals surface area contributed by atoms with Crippen LogP contribution in [0.1, 0.15) is 22.6 Å². The van der Waals surface area contributed by atoms with E-state index in [-0.39, 0.29) is 0 Å². The van der Waals surface area contributed by atoms with Crippen molar-refractivity contribution in [2.24, 2.45) is 0 Å². The van der Waals surface area contributed by atoms with Crippen molar-refractivity contribution in [1.29, 1.82) is 0 Å². The lowest BCUT2D eigenvalue weighted by molar-refractivity contribution is 0.912. The predicted octanol–water partition coefficient (Wildman–Crippen LogP) is 3.55. The summed E-state index contributed by atoms with van der Waals surface area (Å²) in [4.78, 5) is 2.89. The van der Waals surface area contributed by atoms with Gasteiger partial charge in [0.05, 0.1) is 0 Å². The number of thiophene rings is 1. The minimum Gasteiger partial charge on any atom is -0.145 e. The zero-order valence-electron chi connectivity index (χ0n) is 6.23. The van der Waals surface area contributed by atoms with Crippen LogP contribution in [-0.4, -0.2) is 5.33 Å². The minimum absolute atomic E-state index is 0.665. The monoisotopic (exact) mass is 218 g/mol. The molecule has 0 radical (unpaired) electrons. The fraction of sp³-hybridized carbons (Fsp3) is 0.500. The van der Waals surface area contributed by atoms with Gasteiger partial charge in [-0.3, -0.25) is 0 Å². The van der Waals surface area contributed by atoms with Crippen molar-refractivity contribution in [3.8, 4) is 0 Å². The Morgan fingerprint density at radius 3 is 2.70 bits per heavy atom. The standard InChI is InChI=1S/C8H11BrS/c1-6(5-9)8-4-3-7(2)10-8/h3-4,6H,5H2,1-2H3. The number of hydrogen-bond acceptors (Lipinski definition) is 1. The Hall–Kier alpha value is 0.180. The molecule has 0 saturated heterocycles. The topological polar surface area (TPSA) is 0 Å². The van der Waals surface area contributed by atoms with Crippen molar-refractivity contribution in [1.82, 2.24) is 0 Å². The van der Waals surface area contributed by atoms with Gasteiger partial charge in [-0.1, -0.05) is 22.9 Å². The van der Waals surface area contributed by atoms with Crippen molar-refractivity contribution < 1.29 is 0 Å². The molecule has 10 heavy (non-hydrogen) atoms. The van der Waals surface area contributed by atoms with Crippen molar-refractivity contribution in [2.75, 3.05) is 5.33 Å². The molecule has 0 amide bonds. The van der Waals surface area contributed by atoms with Gasteiger partial charge >= 0.3 is 0 Å². The highest BCUT2D eigenvalue weighted by Crippen LogP contribution is 2.24. The molecule has 1 rings (SSSR count). The summed E-state index contributed by atoms with van der Waals surface area (Å²) in [5.74, 6) is 0.665. The molecule has 1 aromatic heterocycles. The molecule has 1 heterocycles. The second kappa shape index (κ2) is 3.54. The Morgan fingerprint density at radius 1 is 1.60 bits per heavy atom. The largest absolute Gasteiger partial charge is 0.145 e. The molecule has 0 aliphatic rings. The molecule has 1 atom stereocenters. The van der Waals surface area contributed by atoms with Gasteiger partial charge in [0, 0.05) is 21.0 Å². The fourth-order valence-corrected chi connectivity index (χ4v) is 2.29. The molecule has 0 bridgehead atoms. The van der Waals surface area contributed by atoms with Gasteiger partial charge in [0.1, 0.15) is 0 Å². The molecule has 2 heteroatoms. The Balaban J connectivity index is 2.74. The summed E-state index contributed by atoms with van der Waals surface area (Å²) in [5.41, 5.74) is 0. The van der Waals surface area contributed by atoms with Gasteiger partial charge in [-0.2, -0.15) is 0 Å². The molecule has 0 aromatic carbocycles. The van der Waals surface area contributed by atoms with Crippen molar-refractivity contribution in [2.45, 2.75) is 19.8 Å². The summed E-state index contributed by atoms with van der Waals surface area (Å²) < 4.78 is 0. The lowest BCUT2D eigenvalue weighted by Crippen LogP contribution is -1.88. The first-order chi connectivity index (χ1) is 4.74. The van der Waals surface area contributed by atoms with Crippen LogP contribution in [0, 0.1) is 6.92 Å². The lowest BCUT2D eigenvalue weighted by Gasteiger charge is -2.01. The normalized spacial score (nSPS) is 13.5. The molecular weight excluding hydrogens is 208 g/mol. The second-order valence-electron chi connectivity index (χ2n) is 2.50. The van der Waals surface area contributed by atoms with E-state index in [0.29, 0.717) is 5.92 Å². The molecule has 0 spiro atoms. The quantitative estimate of drug-likeness (QED) is 0.667. The smallest absolute Gasteiger partial charge is 0.0105 e. The zero-order chi connectivity index (χ0) is 7.56. The predicted molar refractivity (Wildman–Crippen MR) is 51.3 cm³/mol. The first-order valence-corrected chi connectivity index (χ1v) is 5.30. The van der Waals surface area contributed by atoms with E-state index < -0.39 is 0 Å². The third kappa shape index (κ3) is 1.83. The molecule has 0 aliphatic carbocycles. The third-order valence-electron chi connectivity index (χ3n) is 1.48. The van der Waals surface area contributed by atoms with Gasteiger partial charge in [-0.05, 0) is 19.1 Å². The van der Waals surface area contributed by atoms with E-state index in [4.69, 9.17) is 0 Å². The van der Waals surface area contributed by atoms with E-state index in [0.717, 1.165) is 5.33 Å². The maximum atomic E-state index is 3.47. The van der Waals surface area contributed by atoms with E-state index in [1.165, 1.54) is 9.75 Å². The van der Waals surface area contributed by atoms with E-state index in [2.05, 4.69) is 41.9 Å². The number of hydrogen-bond donors (Lipinski definition) is 0. The maximum absolute atomic E-state index is 3.47. The van der Waals surface area contributed by atoms with E-state index >= 15 is 0 Å². The highest BCUT2D eigenvalue weighted by molar-refractivity contribution is 9.09. The van der Waals surface area contributed by atoms with E-state index in [9.17, 15) is 0 Å². The van der Waals surface area contributed by atoms with Crippen LogP contribution in [0.4, 0.5) is 0 Å². The van der Waals surface area contributed by atoms with Crippen LogP contribution in [0.2, 0.25) is 0 Å². The Labute approximate surface area is 74.4 Å². The minimum atomic E-state index is 0.665. The molecule has 0 aliphatic heterocycles. The second-order valence-corrected chi connectivity index (χ2v) is 4.47. The SMILES string of the molecule is Cc1ccc(C(C)CBr)s1. The van der Waals surface area contributed by atoms with Crippen molar-refractivity contribution in [3.05, 3.63) is 21.9 Å². The van der Waals surface area contributed by atoms with E-state index in [1.54, 1.807) is 0 Å². The van der Waals surface area contributed by atoms with Gasteiger partial charge in [0.15, 0.2) is 0 Å². The van der Waals surface area contributed by atoms with Gasteiger partial charge in [0.2, 0.25) is 0 Å². The van der Waals surface area contributed by atoms with Gasteiger partial charge in [0.25, 0.3) is 0 Å². The highest BCUT2D eigenvalue weighted by atomic mass is 79.9. The molecule has 0 N–H and O–H groups in total. The molecule has 0 nitrogen and oxygen atoms in total. The molecule has 0 saturated carbocycles. The Morgan fingerprint density at radius 2 is 2.30 bits per heavy atom. The molecule has 1 unspecified atom stereocenters. The van der Waals surface area contributed by atoms with Crippen LogP contribution in [-0.2, 0) is 0 Å². The summed E-state index contributed by atoms with van der Waals surface area (Å²) in [5, 5.41) is 1.06. The third-order valence-corrected chi connectivity index (χ3v) is 3.68. The van der Waals surface area contributed by atoms with Crippen LogP contribution in [0.5, 0.6) is 0 Å². The lowest BCUT2D eigenvalue weighted by atomic mass is 10.2. The van der Waals surface area contributed by atoms with Crippen molar-refractivity contribution in [3.63, 3.8) is 0 Å². The molecule has 0 fully saturated rings. The van der Waals surface area contributed by atoms with Gasteiger partial charge in [-0.15, -0.1) is 11.3 Å². The summed E-state index contributed by atoms with van der Waals surface area (Å²) in [6.45, 7) is 4.38. The molecule has 1 aromatic rings. The number of aryl methyl sites for hydroxylation is 1. The number of rotatable bonds is 2. The maximum Gasteiger partial charge on any atom is 0.0105 e. The highest BCUT2D eigenvalue weighted by Gasteiger charge is 2.04. The average molecular weight is 219 g/mol. The Bertz CT molecular complexity index is 205. The summed E-state index contributed by atoms with van der Waals surface area (Å²) in [6, 6.07) is 4.39. The number of halogens is 1. The first-order valence-electron chi connectivity index (χ1n) is 3.36. The van der Waals surface area contributed by atoms with Gasteiger partial charge in [-0.25, -0.2) is 0 Å². The van der Waals surface area contributed by atoms with Crippen LogP contribution in [0.15, 0.2) is 12.1 Å². The van der Waals surface area contributed by atoms with Crippen LogP contribution in [0.25, 0.3) is 0 Å². The fourth-order valence-electron chi connectivity index (χ4n) is 0.794. The van der Waals surface area contributed by atoms with Crippen LogP contribution >= 0.6 is 27.3 Å². The summed E-state index contributed by atoms with van der Waals surface area (Å²) >= 11 is 5.36. The average Bonchev–Trinajstić information content (AvgIpc) is 2.34. The van der Waals surface area contributed by atoms with Crippen LogP contribution < -0.4 is 0 Å². The van der Waals surface area contributed by atoms with Gasteiger partial charge < -0.3 is 0 Å². The Kier molecular flexibility index (Phi) is 2.93. The summed E-state index contributed by atoms with van der Waals surface area (Å²) in [6.07, 6.45) is 0. The molecule has 56 valence electrons. The van der Waals surface area contributed by atoms with Crippen molar-refractivity contribution >= 4 is 27.3 Å². The first kappa shape index (κ1) is 8.28. The number of alkyl halides is 1. The van der Waals surface area contributed by atoms with Crippen LogP contribution in [0.3, 0.4) is 0 Å². The zero-order valence-corrected chi connectivity index (χ0v) is 8.63.